The van der Waals surface area contributed by atoms with Crippen molar-refractivity contribution in [1.82, 2.24) is 10.3 Å². The van der Waals surface area contributed by atoms with Gasteiger partial charge in [0.05, 0.1) is 5.60 Å². The minimum atomic E-state index is -0.915. The van der Waals surface area contributed by atoms with Crippen LogP contribution in [0.25, 0.3) is 0 Å². The molecule has 1 aromatic rings. The number of nitrogens with zero attached hydrogens (tertiary/aromatic N) is 1. The second kappa shape index (κ2) is 6.16. The van der Waals surface area contributed by atoms with Gasteiger partial charge < -0.3 is 10.4 Å². The number of carbonyl (C=O) groups is 1. The number of aliphatic hydroxyl groups is 1. The molecule has 0 aliphatic carbocycles. The molecule has 0 bridgehead atoms. The van der Waals surface area contributed by atoms with Gasteiger partial charge in [0.2, 0.25) is 0 Å². The van der Waals surface area contributed by atoms with E-state index in [-0.39, 0.29) is 23.5 Å². The molecule has 0 saturated carbocycles. The summed E-state index contributed by atoms with van der Waals surface area (Å²) in [5, 5.41) is 13.2. The fraction of sp³-hybridized carbons (Fsp3) is 0.538. The fourth-order valence-corrected chi connectivity index (χ4v) is 1.69. The Bertz CT molecular complexity index is 421. The summed E-state index contributed by atoms with van der Waals surface area (Å²) >= 11 is 5.71. The van der Waals surface area contributed by atoms with Gasteiger partial charge >= 0.3 is 0 Å². The number of carbonyl (C=O) groups excluding carboxylic acids is 1. The third-order valence-electron chi connectivity index (χ3n) is 3.27. The van der Waals surface area contributed by atoms with Crippen molar-refractivity contribution < 1.29 is 9.90 Å². The van der Waals surface area contributed by atoms with E-state index in [0.29, 0.717) is 5.56 Å². The van der Waals surface area contributed by atoms with E-state index in [1.54, 1.807) is 13.0 Å². The van der Waals surface area contributed by atoms with Crippen molar-refractivity contribution in [3.8, 4) is 0 Å². The molecule has 0 spiro atoms. The zero-order valence-corrected chi connectivity index (χ0v) is 11.7. The second-order valence-corrected chi connectivity index (χ2v) is 5.10. The summed E-state index contributed by atoms with van der Waals surface area (Å²) in [6.45, 7) is 5.89. The molecule has 2 atom stereocenters. The van der Waals surface area contributed by atoms with E-state index in [0.717, 1.165) is 6.42 Å². The van der Waals surface area contributed by atoms with E-state index in [4.69, 9.17) is 11.6 Å². The Morgan fingerprint density at radius 1 is 1.67 bits per heavy atom. The first-order chi connectivity index (χ1) is 8.36. The van der Waals surface area contributed by atoms with Crippen LogP contribution >= 0.6 is 11.6 Å². The summed E-state index contributed by atoms with van der Waals surface area (Å²) < 4.78 is 0. The number of rotatable bonds is 5. The van der Waals surface area contributed by atoms with E-state index < -0.39 is 5.60 Å². The van der Waals surface area contributed by atoms with Crippen molar-refractivity contribution in [3.05, 3.63) is 29.0 Å². The standard InChI is InChI=1S/C13H19ClN2O2/c1-4-9(2)13(3,18)8-16-12(17)10-5-6-15-11(14)7-10/h5-7,9,18H,4,8H2,1-3H3,(H,16,17). The Morgan fingerprint density at radius 2 is 2.33 bits per heavy atom. The first-order valence-corrected chi connectivity index (χ1v) is 6.36. The van der Waals surface area contributed by atoms with Gasteiger partial charge in [-0.15, -0.1) is 0 Å². The Hall–Kier alpha value is -1.13. The molecule has 0 aliphatic heterocycles. The van der Waals surface area contributed by atoms with Gasteiger partial charge in [-0.05, 0) is 25.0 Å². The fourth-order valence-electron chi connectivity index (χ4n) is 1.52. The molecule has 4 nitrogen and oxygen atoms in total. The molecule has 0 aliphatic rings. The maximum atomic E-state index is 11.8. The number of aromatic nitrogens is 1. The lowest BCUT2D eigenvalue weighted by Crippen LogP contribution is -2.45. The minimum Gasteiger partial charge on any atom is -0.388 e. The molecule has 2 unspecified atom stereocenters. The molecule has 0 fully saturated rings. The summed E-state index contributed by atoms with van der Waals surface area (Å²) in [4.78, 5) is 15.7. The monoisotopic (exact) mass is 270 g/mol. The van der Waals surface area contributed by atoms with E-state index in [2.05, 4.69) is 10.3 Å². The molecule has 2 N–H and O–H groups in total. The topological polar surface area (TPSA) is 62.2 Å². The van der Waals surface area contributed by atoms with Crippen LogP contribution < -0.4 is 5.32 Å². The quantitative estimate of drug-likeness (QED) is 0.807. The van der Waals surface area contributed by atoms with Crippen LogP contribution in [-0.2, 0) is 0 Å². The molecule has 1 aromatic heterocycles. The smallest absolute Gasteiger partial charge is 0.251 e. The van der Waals surface area contributed by atoms with Crippen LogP contribution in [0, 0.1) is 5.92 Å². The van der Waals surface area contributed by atoms with Crippen molar-refractivity contribution in [2.45, 2.75) is 32.8 Å². The first kappa shape index (κ1) is 14.9. The maximum Gasteiger partial charge on any atom is 0.251 e. The van der Waals surface area contributed by atoms with Crippen LogP contribution in [-0.4, -0.2) is 28.1 Å². The summed E-state index contributed by atoms with van der Waals surface area (Å²) in [5.74, 6) is -0.151. The highest BCUT2D eigenvalue weighted by Gasteiger charge is 2.27. The van der Waals surface area contributed by atoms with Gasteiger partial charge in [-0.25, -0.2) is 4.98 Å². The van der Waals surface area contributed by atoms with Crippen LogP contribution in [0.4, 0.5) is 0 Å². The SMILES string of the molecule is CCC(C)C(C)(O)CNC(=O)c1ccnc(Cl)c1. The number of nitrogens with one attached hydrogen (secondary N) is 1. The predicted octanol–water partition coefficient (Wildman–Crippen LogP) is 2.26. The summed E-state index contributed by atoms with van der Waals surface area (Å²) in [6, 6.07) is 3.08. The Balaban J connectivity index is 2.61. The molecule has 0 aromatic carbocycles. The van der Waals surface area contributed by atoms with Crippen molar-refractivity contribution in [2.24, 2.45) is 5.92 Å². The van der Waals surface area contributed by atoms with Gasteiger partial charge in [0, 0.05) is 18.3 Å². The molecule has 1 amide bonds. The second-order valence-electron chi connectivity index (χ2n) is 4.72. The largest absolute Gasteiger partial charge is 0.388 e. The number of hydrogen-bond donors (Lipinski definition) is 2. The number of hydrogen-bond acceptors (Lipinski definition) is 3. The molecule has 1 heterocycles. The predicted molar refractivity (Wildman–Crippen MR) is 71.7 cm³/mol. The highest BCUT2D eigenvalue weighted by atomic mass is 35.5. The van der Waals surface area contributed by atoms with Gasteiger partial charge in [-0.2, -0.15) is 0 Å². The molecule has 0 saturated heterocycles. The number of amides is 1. The Morgan fingerprint density at radius 3 is 2.89 bits per heavy atom. The maximum absolute atomic E-state index is 11.8. The average molecular weight is 271 g/mol. The van der Waals surface area contributed by atoms with Crippen molar-refractivity contribution >= 4 is 17.5 Å². The minimum absolute atomic E-state index is 0.110. The molecule has 100 valence electrons. The Labute approximate surface area is 112 Å². The van der Waals surface area contributed by atoms with Gasteiger partial charge in [0.15, 0.2) is 0 Å². The molecule has 18 heavy (non-hydrogen) atoms. The van der Waals surface area contributed by atoms with Crippen molar-refractivity contribution in [2.75, 3.05) is 6.54 Å². The van der Waals surface area contributed by atoms with E-state index in [1.165, 1.54) is 12.3 Å². The normalized spacial score (nSPS) is 15.8. The van der Waals surface area contributed by atoms with Crippen LogP contribution in [0.2, 0.25) is 5.15 Å². The van der Waals surface area contributed by atoms with Crippen LogP contribution in [0.15, 0.2) is 18.3 Å². The van der Waals surface area contributed by atoms with Crippen LogP contribution in [0.1, 0.15) is 37.6 Å². The number of halogens is 1. The van der Waals surface area contributed by atoms with Crippen LogP contribution in [0.5, 0.6) is 0 Å². The van der Waals surface area contributed by atoms with E-state index in [1.807, 2.05) is 13.8 Å². The molecule has 5 heteroatoms. The lowest BCUT2D eigenvalue weighted by atomic mass is 9.88. The van der Waals surface area contributed by atoms with E-state index in [9.17, 15) is 9.90 Å². The third-order valence-corrected chi connectivity index (χ3v) is 3.48. The molecule has 1 rings (SSSR count). The molecular weight excluding hydrogens is 252 g/mol. The molecular formula is C13H19ClN2O2. The Kier molecular flexibility index (Phi) is 5.11. The first-order valence-electron chi connectivity index (χ1n) is 5.99. The highest BCUT2D eigenvalue weighted by Crippen LogP contribution is 2.19. The highest BCUT2D eigenvalue weighted by molar-refractivity contribution is 6.29. The van der Waals surface area contributed by atoms with E-state index >= 15 is 0 Å². The van der Waals surface area contributed by atoms with Crippen LogP contribution in [0.3, 0.4) is 0 Å². The zero-order chi connectivity index (χ0) is 13.8. The summed E-state index contributed by atoms with van der Waals surface area (Å²) in [5.41, 5.74) is -0.476. The lowest BCUT2D eigenvalue weighted by molar-refractivity contribution is 0.00592. The van der Waals surface area contributed by atoms with Gasteiger partial charge in [0.1, 0.15) is 5.15 Å². The van der Waals surface area contributed by atoms with Crippen molar-refractivity contribution in [1.29, 1.82) is 0 Å². The van der Waals surface area contributed by atoms with Gasteiger partial charge in [-0.1, -0.05) is 31.9 Å². The van der Waals surface area contributed by atoms with Gasteiger partial charge in [0.25, 0.3) is 5.91 Å². The molecule has 0 radical (unpaired) electrons. The lowest BCUT2D eigenvalue weighted by Gasteiger charge is -2.29. The summed E-state index contributed by atoms with van der Waals surface area (Å²) in [6.07, 6.45) is 2.33. The van der Waals surface area contributed by atoms with Crippen molar-refractivity contribution in [3.63, 3.8) is 0 Å². The number of pyridine rings is 1. The average Bonchev–Trinajstić information content (AvgIpc) is 2.35. The zero-order valence-electron chi connectivity index (χ0n) is 10.9. The van der Waals surface area contributed by atoms with Gasteiger partial charge in [-0.3, -0.25) is 4.79 Å². The third kappa shape index (κ3) is 3.96. The summed E-state index contributed by atoms with van der Waals surface area (Å²) in [7, 11) is 0.